The Hall–Kier alpha value is -2.89. The largest absolute Gasteiger partial charge is 0.508 e. The summed E-state index contributed by atoms with van der Waals surface area (Å²) in [6.45, 7) is 1.62. The Balaban J connectivity index is 2.33. The third kappa shape index (κ3) is 3.17. The zero-order valence-corrected chi connectivity index (χ0v) is 11.1. The molecule has 0 bridgehead atoms. The molecule has 0 aromatic heterocycles. The number of phenols is 1. The quantitative estimate of drug-likeness (QED) is 0.811. The van der Waals surface area contributed by atoms with Crippen molar-refractivity contribution in [1.82, 2.24) is 0 Å². The summed E-state index contributed by atoms with van der Waals surface area (Å²) >= 11 is 0. The number of aromatic hydroxyl groups is 1. The number of carboxylic acids is 1. The van der Waals surface area contributed by atoms with Crippen LogP contribution in [0.15, 0.2) is 36.4 Å². The standard InChI is InChI=1S/C15H12FNO4/c1-8-6-9(2-5-13(8)18)14(19)17-12-7-10(16)3-4-11(12)15(20)21/h2-7,18H,1H3,(H,17,19)(H,20,21). The maximum Gasteiger partial charge on any atom is 0.337 e. The Kier molecular flexibility index (Phi) is 3.89. The van der Waals surface area contributed by atoms with Crippen molar-refractivity contribution in [3.05, 3.63) is 58.9 Å². The number of phenolic OH excluding ortho intramolecular Hbond substituents is 1. The lowest BCUT2D eigenvalue weighted by atomic mass is 10.1. The molecule has 2 rings (SSSR count). The molecule has 2 aromatic rings. The van der Waals surface area contributed by atoms with Crippen LogP contribution in [0.4, 0.5) is 10.1 Å². The molecule has 6 heteroatoms. The Bertz CT molecular complexity index is 728. The number of aromatic carboxylic acids is 1. The number of halogens is 1. The van der Waals surface area contributed by atoms with Crippen LogP contribution in [0.1, 0.15) is 26.3 Å². The zero-order valence-electron chi connectivity index (χ0n) is 11.1. The van der Waals surface area contributed by atoms with Crippen molar-refractivity contribution in [3.63, 3.8) is 0 Å². The molecule has 108 valence electrons. The molecule has 0 aliphatic carbocycles. The fraction of sp³-hybridized carbons (Fsp3) is 0.0667. The van der Waals surface area contributed by atoms with Gasteiger partial charge in [-0.1, -0.05) is 0 Å². The lowest BCUT2D eigenvalue weighted by molar-refractivity contribution is 0.0698. The Morgan fingerprint density at radius 2 is 1.86 bits per heavy atom. The zero-order chi connectivity index (χ0) is 15.6. The fourth-order valence-electron chi connectivity index (χ4n) is 1.80. The summed E-state index contributed by atoms with van der Waals surface area (Å²) in [4.78, 5) is 23.1. The van der Waals surface area contributed by atoms with Crippen LogP contribution >= 0.6 is 0 Å². The van der Waals surface area contributed by atoms with Gasteiger partial charge in [0.15, 0.2) is 0 Å². The van der Waals surface area contributed by atoms with Gasteiger partial charge in [0, 0.05) is 5.56 Å². The predicted molar refractivity (Wildman–Crippen MR) is 74.2 cm³/mol. The number of carbonyl (C=O) groups excluding carboxylic acids is 1. The van der Waals surface area contributed by atoms with Crippen LogP contribution < -0.4 is 5.32 Å². The number of anilines is 1. The number of carboxylic acid groups (broad SMARTS) is 1. The smallest absolute Gasteiger partial charge is 0.337 e. The molecule has 3 N–H and O–H groups in total. The molecule has 0 saturated heterocycles. The van der Waals surface area contributed by atoms with E-state index in [1.54, 1.807) is 6.92 Å². The van der Waals surface area contributed by atoms with Gasteiger partial charge in [-0.2, -0.15) is 0 Å². The molecular formula is C15H12FNO4. The Morgan fingerprint density at radius 3 is 2.48 bits per heavy atom. The first kappa shape index (κ1) is 14.5. The highest BCUT2D eigenvalue weighted by atomic mass is 19.1. The van der Waals surface area contributed by atoms with Crippen molar-refractivity contribution >= 4 is 17.6 Å². The van der Waals surface area contributed by atoms with E-state index in [4.69, 9.17) is 5.11 Å². The summed E-state index contributed by atoms with van der Waals surface area (Å²) in [6, 6.07) is 7.21. The van der Waals surface area contributed by atoms with Gasteiger partial charge in [-0.3, -0.25) is 4.79 Å². The Labute approximate surface area is 119 Å². The second kappa shape index (κ2) is 5.62. The van der Waals surface area contributed by atoms with E-state index in [9.17, 15) is 19.1 Å². The monoisotopic (exact) mass is 289 g/mol. The van der Waals surface area contributed by atoms with Gasteiger partial charge in [-0.05, 0) is 48.9 Å². The van der Waals surface area contributed by atoms with E-state index >= 15 is 0 Å². The number of hydrogen-bond donors (Lipinski definition) is 3. The van der Waals surface area contributed by atoms with Crippen molar-refractivity contribution < 1.29 is 24.2 Å². The van der Waals surface area contributed by atoms with E-state index < -0.39 is 17.7 Å². The molecule has 2 aromatic carbocycles. The van der Waals surface area contributed by atoms with Gasteiger partial charge in [0.2, 0.25) is 0 Å². The molecule has 5 nitrogen and oxygen atoms in total. The minimum Gasteiger partial charge on any atom is -0.508 e. The average Bonchev–Trinajstić information content (AvgIpc) is 2.41. The topological polar surface area (TPSA) is 86.6 Å². The molecule has 21 heavy (non-hydrogen) atoms. The lowest BCUT2D eigenvalue weighted by Crippen LogP contribution is -2.15. The minimum absolute atomic E-state index is 0.0449. The summed E-state index contributed by atoms with van der Waals surface area (Å²) in [5.74, 6) is -2.47. The van der Waals surface area contributed by atoms with Crippen LogP contribution in [-0.4, -0.2) is 22.1 Å². The number of nitrogens with one attached hydrogen (secondary N) is 1. The second-order valence-electron chi connectivity index (χ2n) is 4.45. The predicted octanol–water partition coefficient (Wildman–Crippen LogP) is 2.79. The van der Waals surface area contributed by atoms with Crippen molar-refractivity contribution in [2.24, 2.45) is 0 Å². The number of aryl methyl sites for hydroxylation is 1. The van der Waals surface area contributed by atoms with Crippen LogP contribution in [0.25, 0.3) is 0 Å². The van der Waals surface area contributed by atoms with E-state index in [0.717, 1.165) is 18.2 Å². The molecule has 0 heterocycles. The highest BCUT2D eigenvalue weighted by Gasteiger charge is 2.15. The van der Waals surface area contributed by atoms with Gasteiger partial charge in [0.25, 0.3) is 5.91 Å². The van der Waals surface area contributed by atoms with Gasteiger partial charge in [-0.25, -0.2) is 9.18 Å². The first-order chi connectivity index (χ1) is 9.88. The van der Waals surface area contributed by atoms with Crippen LogP contribution in [0.5, 0.6) is 5.75 Å². The number of hydrogen-bond acceptors (Lipinski definition) is 3. The van der Waals surface area contributed by atoms with Crippen molar-refractivity contribution in [1.29, 1.82) is 0 Å². The normalized spacial score (nSPS) is 10.2. The third-order valence-electron chi connectivity index (χ3n) is 2.92. The summed E-state index contributed by atoms with van der Waals surface area (Å²) in [5, 5.41) is 20.8. The fourth-order valence-corrected chi connectivity index (χ4v) is 1.80. The molecule has 0 fully saturated rings. The van der Waals surface area contributed by atoms with Crippen LogP contribution in [0.2, 0.25) is 0 Å². The first-order valence-electron chi connectivity index (χ1n) is 6.02. The summed E-state index contributed by atoms with van der Waals surface area (Å²) in [5.41, 5.74) is 0.393. The van der Waals surface area contributed by atoms with Crippen LogP contribution in [0.3, 0.4) is 0 Å². The minimum atomic E-state index is -1.27. The summed E-state index contributed by atoms with van der Waals surface area (Å²) < 4.78 is 13.2. The molecule has 0 aliphatic heterocycles. The molecule has 0 spiro atoms. The van der Waals surface area contributed by atoms with Crippen LogP contribution in [0, 0.1) is 12.7 Å². The van der Waals surface area contributed by atoms with Gasteiger partial charge >= 0.3 is 5.97 Å². The molecule has 0 unspecified atom stereocenters. The van der Waals surface area contributed by atoms with E-state index in [1.165, 1.54) is 18.2 Å². The first-order valence-corrected chi connectivity index (χ1v) is 6.02. The van der Waals surface area contributed by atoms with Gasteiger partial charge in [-0.15, -0.1) is 0 Å². The maximum absolute atomic E-state index is 13.2. The van der Waals surface area contributed by atoms with E-state index in [0.29, 0.717) is 5.56 Å². The number of rotatable bonds is 3. The van der Waals surface area contributed by atoms with E-state index in [2.05, 4.69) is 5.32 Å². The van der Waals surface area contributed by atoms with Gasteiger partial charge in [0.1, 0.15) is 11.6 Å². The number of amides is 1. The second-order valence-corrected chi connectivity index (χ2v) is 4.45. The van der Waals surface area contributed by atoms with Crippen molar-refractivity contribution in [3.8, 4) is 5.75 Å². The number of carbonyl (C=O) groups is 2. The molecule has 0 saturated carbocycles. The van der Waals surface area contributed by atoms with E-state index in [-0.39, 0.29) is 22.6 Å². The third-order valence-corrected chi connectivity index (χ3v) is 2.92. The maximum atomic E-state index is 13.2. The van der Waals surface area contributed by atoms with E-state index in [1.807, 2.05) is 0 Å². The molecule has 0 atom stereocenters. The number of benzene rings is 2. The lowest BCUT2D eigenvalue weighted by Gasteiger charge is -2.09. The summed E-state index contributed by atoms with van der Waals surface area (Å²) in [6.07, 6.45) is 0. The molecule has 0 aliphatic rings. The molecular weight excluding hydrogens is 277 g/mol. The summed E-state index contributed by atoms with van der Waals surface area (Å²) in [7, 11) is 0. The molecule has 0 radical (unpaired) electrons. The molecule has 1 amide bonds. The van der Waals surface area contributed by atoms with Crippen molar-refractivity contribution in [2.75, 3.05) is 5.32 Å². The SMILES string of the molecule is Cc1cc(C(=O)Nc2cc(F)ccc2C(=O)O)ccc1O. The highest BCUT2D eigenvalue weighted by Crippen LogP contribution is 2.21. The van der Waals surface area contributed by atoms with Gasteiger partial charge < -0.3 is 15.5 Å². The van der Waals surface area contributed by atoms with Crippen LogP contribution in [-0.2, 0) is 0 Å². The average molecular weight is 289 g/mol. The van der Waals surface area contributed by atoms with Crippen molar-refractivity contribution in [2.45, 2.75) is 6.92 Å². The van der Waals surface area contributed by atoms with Gasteiger partial charge in [0.05, 0.1) is 11.3 Å². The Morgan fingerprint density at radius 1 is 1.14 bits per heavy atom. The highest BCUT2D eigenvalue weighted by molar-refractivity contribution is 6.07.